The number of benzene rings is 1. The van der Waals surface area contributed by atoms with Gasteiger partial charge in [0.05, 0.1) is 12.3 Å². The first-order valence-electron chi connectivity index (χ1n) is 6.28. The zero-order valence-corrected chi connectivity index (χ0v) is 10.8. The molecule has 0 aliphatic carbocycles. The molecule has 0 saturated carbocycles. The Morgan fingerprint density at radius 1 is 1.32 bits per heavy atom. The van der Waals surface area contributed by atoms with Gasteiger partial charge in [-0.05, 0) is 0 Å². The highest BCUT2D eigenvalue weighted by atomic mass is 16.5. The Balaban J connectivity index is 2.06. The van der Waals surface area contributed by atoms with E-state index in [2.05, 4.69) is 16.6 Å². The third-order valence-electron chi connectivity index (χ3n) is 2.81. The molecule has 1 aromatic carbocycles. The fourth-order valence-corrected chi connectivity index (χ4v) is 1.91. The molecule has 4 nitrogen and oxygen atoms in total. The van der Waals surface area contributed by atoms with Crippen LogP contribution in [0.2, 0.25) is 0 Å². The number of aliphatic hydroxyl groups excluding tert-OH is 1. The molecule has 0 aliphatic rings. The Bertz CT molecular complexity index is 508. The molecule has 0 fully saturated rings. The van der Waals surface area contributed by atoms with Crippen LogP contribution in [0.3, 0.4) is 0 Å². The third kappa shape index (κ3) is 3.77. The zero-order chi connectivity index (χ0) is 13.5. The van der Waals surface area contributed by atoms with E-state index in [-0.39, 0.29) is 6.61 Å². The lowest BCUT2D eigenvalue weighted by Gasteiger charge is -2.17. The van der Waals surface area contributed by atoms with E-state index in [0.717, 1.165) is 17.0 Å². The van der Waals surface area contributed by atoms with Gasteiger partial charge in [0.1, 0.15) is 0 Å². The molecule has 2 aromatic rings. The fraction of sp³-hybridized carbons (Fsp3) is 0.267. The van der Waals surface area contributed by atoms with E-state index >= 15 is 0 Å². The van der Waals surface area contributed by atoms with Crippen LogP contribution in [0.1, 0.15) is 5.69 Å². The second kappa shape index (κ2) is 6.87. The molecule has 0 unspecified atom stereocenters. The summed E-state index contributed by atoms with van der Waals surface area (Å²) in [6.45, 7) is 5.79. The summed E-state index contributed by atoms with van der Waals surface area (Å²) in [7, 11) is 0. The molecule has 0 aliphatic heterocycles. The summed E-state index contributed by atoms with van der Waals surface area (Å²) in [5.74, 6) is 0.762. The topological polar surface area (TPSA) is 49.5 Å². The second-order valence-corrected chi connectivity index (χ2v) is 4.30. The number of nitrogens with zero attached hydrogens (tertiary/aromatic N) is 2. The molecule has 2 rings (SSSR count). The van der Waals surface area contributed by atoms with Crippen LogP contribution in [-0.4, -0.2) is 34.9 Å². The van der Waals surface area contributed by atoms with Crippen molar-refractivity contribution in [3.63, 3.8) is 0 Å². The van der Waals surface area contributed by atoms with Gasteiger partial charge in [-0.3, -0.25) is 4.90 Å². The van der Waals surface area contributed by atoms with E-state index in [9.17, 15) is 0 Å². The lowest BCUT2D eigenvalue weighted by molar-refractivity contribution is 0.200. The summed E-state index contributed by atoms with van der Waals surface area (Å²) in [4.78, 5) is 2.06. The third-order valence-corrected chi connectivity index (χ3v) is 2.81. The smallest absolute Gasteiger partial charge is 0.167 e. The highest BCUT2D eigenvalue weighted by Gasteiger charge is 2.10. The van der Waals surface area contributed by atoms with Crippen molar-refractivity contribution in [1.29, 1.82) is 0 Å². The van der Waals surface area contributed by atoms with Crippen molar-refractivity contribution in [2.45, 2.75) is 6.54 Å². The van der Waals surface area contributed by atoms with Crippen LogP contribution in [0.5, 0.6) is 0 Å². The standard InChI is InChI=1S/C15H18N2O2/c1-2-8-17(9-10-18)12-14-11-15(19-16-14)13-6-4-3-5-7-13/h2-7,11,18H,1,8-10,12H2. The van der Waals surface area contributed by atoms with Crippen molar-refractivity contribution < 1.29 is 9.63 Å². The predicted molar refractivity (Wildman–Crippen MR) is 74.5 cm³/mol. The summed E-state index contributed by atoms with van der Waals surface area (Å²) in [5, 5.41) is 13.1. The number of aliphatic hydroxyl groups is 1. The number of hydrogen-bond acceptors (Lipinski definition) is 4. The highest BCUT2D eigenvalue weighted by Crippen LogP contribution is 2.20. The summed E-state index contributed by atoms with van der Waals surface area (Å²) in [6.07, 6.45) is 1.81. The average molecular weight is 258 g/mol. The summed E-state index contributed by atoms with van der Waals surface area (Å²) in [6, 6.07) is 11.8. The first kappa shape index (κ1) is 13.5. The summed E-state index contributed by atoms with van der Waals surface area (Å²) < 4.78 is 5.34. The van der Waals surface area contributed by atoms with E-state index in [0.29, 0.717) is 19.6 Å². The summed E-state index contributed by atoms with van der Waals surface area (Å²) >= 11 is 0. The average Bonchev–Trinajstić information content (AvgIpc) is 2.89. The monoisotopic (exact) mass is 258 g/mol. The predicted octanol–water partition coefficient (Wildman–Crippen LogP) is 2.32. The molecule has 1 heterocycles. The minimum absolute atomic E-state index is 0.122. The van der Waals surface area contributed by atoms with Gasteiger partial charge < -0.3 is 9.63 Å². The molecular weight excluding hydrogens is 240 g/mol. The molecule has 4 heteroatoms. The van der Waals surface area contributed by atoms with Crippen molar-refractivity contribution in [2.75, 3.05) is 19.7 Å². The van der Waals surface area contributed by atoms with Crippen LogP contribution >= 0.6 is 0 Å². The van der Waals surface area contributed by atoms with Crippen LogP contribution in [0, 0.1) is 0 Å². The molecule has 0 amide bonds. The van der Waals surface area contributed by atoms with Crippen molar-refractivity contribution in [3.05, 3.63) is 54.7 Å². The van der Waals surface area contributed by atoms with Crippen LogP contribution in [0.25, 0.3) is 11.3 Å². The molecule has 0 saturated heterocycles. The van der Waals surface area contributed by atoms with Gasteiger partial charge in [-0.15, -0.1) is 6.58 Å². The van der Waals surface area contributed by atoms with E-state index in [1.807, 2.05) is 42.5 Å². The van der Waals surface area contributed by atoms with Gasteiger partial charge in [0.2, 0.25) is 0 Å². The number of hydrogen-bond donors (Lipinski definition) is 1. The Labute approximate surface area is 113 Å². The normalized spacial score (nSPS) is 10.8. The van der Waals surface area contributed by atoms with Gasteiger partial charge in [0.25, 0.3) is 0 Å². The molecule has 1 aromatic heterocycles. The van der Waals surface area contributed by atoms with E-state index in [4.69, 9.17) is 9.63 Å². The minimum Gasteiger partial charge on any atom is -0.395 e. The van der Waals surface area contributed by atoms with Gasteiger partial charge in [0, 0.05) is 31.3 Å². The van der Waals surface area contributed by atoms with Gasteiger partial charge in [-0.2, -0.15) is 0 Å². The highest BCUT2D eigenvalue weighted by molar-refractivity contribution is 5.56. The molecule has 1 N–H and O–H groups in total. The van der Waals surface area contributed by atoms with Crippen LogP contribution in [0.15, 0.2) is 53.6 Å². The lowest BCUT2D eigenvalue weighted by atomic mass is 10.1. The maximum Gasteiger partial charge on any atom is 0.167 e. The van der Waals surface area contributed by atoms with Gasteiger partial charge in [-0.25, -0.2) is 0 Å². The van der Waals surface area contributed by atoms with Crippen molar-refractivity contribution in [1.82, 2.24) is 10.1 Å². The molecular formula is C15H18N2O2. The fourth-order valence-electron chi connectivity index (χ4n) is 1.91. The molecule has 0 atom stereocenters. The van der Waals surface area contributed by atoms with E-state index in [1.165, 1.54) is 0 Å². The quantitative estimate of drug-likeness (QED) is 0.774. The summed E-state index contributed by atoms with van der Waals surface area (Å²) in [5.41, 5.74) is 1.87. The Hall–Kier alpha value is -1.91. The molecule has 0 radical (unpaired) electrons. The van der Waals surface area contributed by atoms with E-state index < -0.39 is 0 Å². The first-order valence-corrected chi connectivity index (χ1v) is 6.28. The Morgan fingerprint density at radius 2 is 2.11 bits per heavy atom. The van der Waals surface area contributed by atoms with Crippen molar-refractivity contribution in [2.24, 2.45) is 0 Å². The van der Waals surface area contributed by atoms with Crippen LogP contribution in [0.4, 0.5) is 0 Å². The molecule has 100 valence electrons. The second-order valence-electron chi connectivity index (χ2n) is 4.30. The van der Waals surface area contributed by atoms with Crippen molar-refractivity contribution >= 4 is 0 Å². The maximum absolute atomic E-state index is 9.00. The van der Waals surface area contributed by atoms with Crippen LogP contribution < -0.4 is 0 Å². The Morgan fingerprint density at radius 3 is 2.79 bits per heavy atom. The number of aromatic nitrogens is 1. The Kier molecular flexibility index (Phi) is 4.89. The van der Waals surface area contributed by atoms with E-state index in [1.54, 1.807) is 0 Å². The minimum atomic E-state index is 0.122. The SMILES string of the molecule is C=CCN(CCO)Cc1cc(-c2ccccc2)on1. The largest absolute Gasteiger partial charge is 0.395 e. The van der Waals surface area contributed by atoms with Crippen molar-refractivity contribution in [3.8, 4) is 11.3 Å². The zero-order valence-electron chi connectivity index (χ0n) is 10.8. The maximum atomic E-state index is 9.00. The van der Waals surface area contributed by atoms with Gasteiger partial charge >= 0.3 is 0 Å². The van der Waals surface area contributed by atoms with Gasteiger partial charge in [0.15, 0.2) is 5.76 Å². The van der Waals surface area contributed by atoms with Gasteiger partial charge in [-0.1, -0.05) is 41.6 Å². The molecule has 0 spiro atoms. The molecule has 19 heavy (non-hydrogen) atoms. The molecule has 0 bridgehead atoms. The van der Waals surface area contributed by atoms with Crippen LogP contribution in [-0.2, 0) is 6.54 Å². The number of rotatable bonds is 7. The lowest BCUT2D eigenvalue weighted by Crippen LogP contribution is -2.26. The first-order chi connectivity index (χ1) is 9.33.